The third kappa shape index (κ3) is 2.75. The number of carbonyl (C=O) groups is 1. The van der Waals surface area contributed by atoms with E-state index >= 15 is 0 Å². The molecule has 0 unspecified atom stereocenters. The number of nitrogens with zero attached hydrogens (tertiary/aromatic N) is 1. The van der Waals surface area contributed by atoms with Crippen molar-refractivity contribution in [3.05, 3.63) is 27.4 Å². The molecule has 1 aromatic heterocycles. The van der Waals surface area contributed by atoms with E-state index in [2.05, 4.69) is 10.6 Å². The van der Waals surface area contributed by atoms with Crippen LogP contribution in [0.25, 0.3) is 10.9 Å². The van der Waals surface area contributed by atoms with Crippen LogP contribution in [0.3, 0.4) is 0 Å². The fraction of sp³-hybridized carbons (Fsp3) is 0.471. The number of halogens is 2. The van der Waals surface area contributed by atoms with Crippen molar-refractivity contribution in [2.24, 2.45) is 7.05 Å². The Balaban J connectivity index is 2.33. The zero-order chi connectivity index (χ0) is 17.6. The number of aryl methyl sites for hydroxylation is 1. The molecule has 5 nitrogen and oxygen atoms in total. The van der Waals surface area contributed by atoms with Gasteiger partial charge in [-0.05, 0) is 25.5 Å². The highest BCUT2D eigenvalue weighted by Crippen LogP contribution is 2.43. The Morgan fingerprint density at radius 2 is 2.21 bits per heavy atom. The number of aromatic nitrogens is 1. The van der Waals surface area contributed by atoms with Gasteiger partial charge in [-0.3, -0.25) is 4.79 Å². The predicted octanol–water partition coefficient (Wildman–Crippen LogP) is 3.05. The second kappa shape index (κ2) is 6.47. The van der Waals surface area contributed by atoms with Gasteiger partial charge in [0.25, 0.3) is 0 Å². The Labute approximate surface area is 150 Å². The molecule has 2 heterocycles. The largest absolute Gasteiger partial charge is 0.392 e. The summed E-state index contributed by atoms with van der Waals surface area (Å²) in [7, 11) is 1.95. The molecule has 1 amide bonds. The van der Waals surface area contributed by atoms with Crippen LogP contribution >= 0.6 is 23.2 Å². The number of nitrogens with one attached hydrogen (secondary N) is 2. The minimum atomic E-state index is -0.502. The average molecular weight is 370 g/mol. The second-order valence-electron chi connectivity index (χ2n) is 6.36. The van der Waals surface area contributed by atoms with Crippen molar-refractivity contribution in [2.45, 2.75) is 32.3 Å². The summed E-state index contributed by atoms with van der Waals surface area (Å²) in [5.41, 5.74) is 3.68. The van der Waals surface area contributed by atoms with Gasteiger partial charge in [-0.25, -0.2) is 0 Å². The molecule has 0 fully saturated rings. The first kappa shape index (κ1) is 17.4. The summed E-state index contributed by atoms with van der Waals surface area (Å²) >= 11 is 12.8. The van der Waals surface area contributed by atoms with Crippen LogP contribution in [-0.4, -0.2) is 34.8 Å². The van der Waals surface area contributed by atoms with E-state index in [-0.39, 0.29) is 11.8 Å². The first-order valence-electron chi connectivity index (χ1n) is 8.01. The Hall–Kier alpha value is -1.43. The molecular formula is C17H21Cl2N3O2. The highest BCUT2D eigenvalue weighted by molar-refractivity contribution is 6.45. The van der Waals surface area contributed by atoms with Gasteiger partial charge in [0.15, 0.2) is 0 Å². The van der Waals surface area contributed by atoms with E-state index in [1.54, 1.807) is 13.0 Å². The van der Waals surface area contributed by atoms with E-state index in [9.17, 15) is 9.90 Å². The Bertz CT molecular complexity index is 814. The number of fused-ring (bicyclic) bond motifs is 3. The third-order valence-electron chi connectivity index (χ3n) is 4.59. The van der Waals surface area contributed by atoms with Crippen LogP contribution in [0, 0.1) is 0 Å². The van der Waals surface area contributed by atoms with E-state index in [1.807, 2.05) is 18.5 Å². The second-order valence-corrected chi connectivity index (χ2v) is 7.14. The van der Waals surface area contributed by atoms with Gasteiger partial charge in [0.05, 0.1) is 27.6 Å². The zero-order valence-electron chi connectivity index (χ0n) is 13.9. The molecule has 0 radical (unpaired) electrons. The van der Waals surface area contributed by atoms with Gasteiger partial charge in [0, 0.05) is 43.3 Å². The average Bonchev–Trinajstić information content (AvgIpc) is 2.73. The Kier molecular flexibility index (Phi) is 4.69. The number of hydrogen-bond acceptors (Lipinski definition) is 3. The number of aliphatic hydroxyl groups is 1. The van der Waals surface area contributed by atoms with Gasteiger partial charge in [-0.2, -0.15) is 0 Å². The molecule has 3 N–H and O–H groups in total. The molecule has 1 aromatic carbocycles. The van der Waals surface area contributed by atoms with Gasteiger partial charge in [0.1, 0.15) is 0 Å². The van der Waals surface area contributed by atoms with E-state index < -0.39 is 6.10 Å². The number of carbonyl (C=O) groups excluding carboxylic acids is 1. The number of aliphatic hydroxyl groups excluding tert-OH is 1. The molecule has 0 saturated carbocycles. The van der Waals surface area contributed by atoms with Gasteiger partial charge in [0.2, 0.25) is 5.91 Å². The van der Waals surface area contributed by atoms with Gasteiger partial charge >= 0.3 is 0 Å². The summed E-state index contributed by atoms with van der Waals surface area (Å²) in [6.45, 7) is 4.60. The van der Waals surface area contributed by atoms with Crippen LogP contribution in [0.2, 0.25) is 10.0 Å². The monoisotopic (exact) mass is 369 g/mol. The van der Waals surface area contributed by atoms with Crippen molar-refractivity contribution in [3.63, 3.8) is 0 Å². The first-order valence-corrected chi connectivity index (χ1v) is 8.77. The van der Waals surface area contributed by atoms with Crippen LogP contribution in [0.5, 0.6) is 0 Å². The number of rotatable bonds is 3. The number of anilines is 1. The van der Waals surface area contributed by atoms with Crippen LogP contribution in [0.15, 0.2) is 6.07 Å². The molecule has 3 rings (SSSR count). The summed E-state index contributed by atoms with van der Waals surface area (Å²) < 4.78 is 2.03. The molecule has 2 atom stereocenters. The Morgan fingerprint density at radius 1 is 1.50 bits per heavy atom. The summed E-state index contributed by atoms with van der Waals surface area (Å²) in [6.07, 6.45) is 0.234. The minimum Gasteiger partial charge on any atom is -0.392 e. The van der Waals surface area contributed by atoms with Gasteiger partial charge in [-0.1, -0.05) is 23.2 Å². The molecule has 24 heavy (non-hydrogen) atoms. The Morgan fingerprint density at radius 3 is 2.88 bits per heavy atom. The van der Waals surface area contributed by atoms with E-state index in [4.69, 9.17) is 23.2 Å². The fourth-order valence-electron chi connectivity index (χ4n) is 3.41. The maximum Gasteiger partial charge on any atom is 0.227 e. The normalized spacial score (nSPS) is 18.9. The molecule has 7 heteroatoms. The number of hydrogen-bond donors (Lipinski definition) is 3. The standard InChI is InChI=1S/C17H21Cl2N3O2/c1-8(23)7-21-11-6-10(18)15(19)16-14(11)13-9(2)17(24)20-5-4-12(13)22(16)3/h6,8-9,21,23H,4-5,7H2,1-3H3,(H,20,24)/t8-,9-/m0/s1. The lowest BCUT2D eigenvalue weighted by molar-refractivity contribution is -0.121. The smallest absolute Gasteiger partial charge is 0.227 e. The molecular weight excluding hydrogens is 349 g/mol. The van der Waals surface area contributed by atoms with E-state index in [1.165, 1.54) is 0 Å². The SMILES string of the molecule is C[C@H](O)CNc1cc(Cl)c(Cl)c2c1c1c(n2C)CCNC(=O)[C@H]1C. The van der Waals surface area contributed by atoms with Crippen molar-refractivity contribution in [1.82, 2.24) is 9.88 Å². The zero-order valence-corrected chi connectivity index (χ0v) is 15.4. The van der Waals surface area contributed by atoms with Crippen molar-refractivity contribution in [2.75, 3.05) is 18.4 Å². The fourth-order valence-corrected chi connectivity index (χ4v) is 3.89. The molecule has 130 valence electrons. The number of amides is 1. The maximum absolute atomic E-state index is 12.3. The van der Waals surface area contributed by atoms with Crippen molar-refractivity contribution < 1.29 is 9.90 Å². The molecule has 0 spiro atoms. The molecule has 0 aliphatic carbocycles. The van der Waals surface area contributed by atoms with Crippen molar-refractivity contribution in [1.29, 1.82) is 0 Å². The van der Waals surface area contributed by atoms with E-state index in [0.717, 1.165) is 34.3 Å². The van der Waals surface area contributed by atoms with Crippen molar-refractivity contribution >= 4 is 45.7 Å². The predicted molar refractivity (Wildman–Crippen MR) is 98.2 cm³/mol. The maximum atomic E-state index is 12.3. The summed E-state index contributed by atoms with van der Waals surface area (Å²) in [6, 6.07) is 1.77. The lowest BCUT2D eigenvalue weighted by Gasteiger charge is -2.15. The van der Waals surface area contributed by atoms with Gasteiger partial charge < -0.3 is 20.3 Å². The summed E-state index contributed by atoms with van der Waals surface area (Å²) in [5.74, 6) is -0.274. The topological polar surface area (TPSA) is 66.3 Å². The molecule has 2 aromatic rings. The quantitative estimate of drug-likeness (QED) is 0.778. The summed E-state index contributed by atoms with van der Waals surface area (Å²) in [4.78, 5) is 12.3. The first-order chi connectivity index (χ1) is 11.3. The van der Waals surface area contributed by atoms with E-state index in [0.29, 0.717) is 23.1 Å². The highest BCUT2D eigenvalue weighted by atomic mass is 35.5. The third-order valence-corrected chi connectivity index (χ3v) is 5.37. The number of benzene rings is 1. The molecule has 0 saturated heterocycles. The minimum absolute atomic E-state index is 0.00815. The van der Waals surface area contributed by atoms with Crippen molar-refractivity contribution in [3.8, 4) is 0 Å². The summed E-state index contributed by atoms with van der Waals surface area (Å²) in [5, 5.41) is 17.6. The highest BCUT2D eigenvalue weighted by Gasteiger charge is 2.30. The lowest BCUT2D eigenvalue weighted by atomic mass is 9.96. The molecule has 0 bridgehead atoms. The van der Waals surface area contributed by atoms with Crippen LogP contribution in [0.1, 0.15) is 31.0 Å². The van der Waals surface area contributed by atoms with Crippen LogP contribution < -0.4 is 10.6 Å². The molecule has 1 aliphatic heterocycles. The van der Waals surface area contributed by atoms with Crippen LogP contribution in [-0.2, 0) is 18.3 Å². The molecule has 1 aliphatic rings. The van der Waals surface area contributed by atoms with Gasteiger partial charge in [-0.15, -0.1) is 0 Å². The lowest BCUT2D eigenvalue weighted by Crippen LogP contribution is -2.27. The van der Waals surface area contributed by atoms with Crippen LogP contribution in [0.4, 0.5) is 5.69 Å².